The third-order valence-corrected chi connectivity index (χ3v) is 3.49. The molecule has 0 spiro atoms. The summed E-state index contributed by atoms with van der Waals surface area (Å²) in [5.41, 5.74) is 1.83. The minimum absolute atomic E-state index is 0.203. The summed E-state index contributed by atoms with van der Waals surface area (Å²) in [6.07, 6.45) is 0.203. The van der Waals surface area contributed by atoms with Crippen molar-refractivity contribution in [2.75, 3.05) is 5.75 Å². The molecule has 0 amide bonds. The minimum Gasteiger partial charge on any atom is -0.748 e. The van der Waals surface area contributed by atoms with Crippen LogP contribution < -0.4 is 4.74 Å². The van der Waals surface area contributed by atoms with E-state index in [0.717, 1.165) is 11.1 Å². The van der Waals surface area contributed by atoms with Crippen molar-refractivity contribution in [1.29, 1.82) is 0 Å². The number of rotatable bonds is 6. The summed E-state index contributed by atoms with van der Waals surface area (Å²) in [5.74, 6) is 0.268. The van der Waals surface area contributed by atoms with Crippen molar-refractivity contribution in [2.45, 2.75) is 13.0 Å². The highest BCUT2D eigenvalue weighted by molar-refractivity contribution is 7.85. The van der Waals surface area contributed by atoms with Gasteiger partial charge in [0, 0.05) is 5.75 Å². The molecule has 0 heterocycles. The van der Waals surface area contributed by atoms with Crippen molar-refractivity contribution in [3.8, 4) is 5.75 Å². The predicted molar refractivity (Wildman–Crippen MR) is 75.5 cm³/mol. The van der Waals surface area contributed by atoms with Gasteiger partial charge in [0.05, 0.1) is 10.1 Å². The molecule has 0 radical (unpaired) electrons. The van der Waals surface area contributed by atoms with Crippen LogP contribution in [0.5, 0.6) is 5.75 Å². The lowest BCUT2D eigenvalue weighted by molar-refractivity contribution is 0.306. The molecule has 0 unspecified atom stereocenters. The summed E-state index contributed by atoms with van der Waals surface area (Å²) in [4.78, 5) is 0. The van der Waals surface area contributed by atoms with Crippen molar-refractivity contribution in [3.05, 3.63) is 65.7 Å². The highest BCUT2D eigenvalue weighted by atomic mass is 32.2. The van der Waals surface area contributed by atoms with Gasteiger partial charge in [0.1, 0.15) is 12.4 Å². The van der Waals surface area contributed by atoms with Gasteiger partial charge in [-0.2, -0.15) is 0 Å². The number of benzene rings is 2. The Balaban J connectivity index is 1.96. The lowest BCUT2D eigenvalue weighted by Crippen LogP contribution is -2.07. The van der Waals surface area contributed by atoms with Crippen molar-refractivity contribution in [3.63, 3.8) is 0 Å². The van der Waals surface area contributed by atoms with E-state index in [9.17, 15) is 13.0 Å². The van der Waals surface area contributed by atoms with E-state index < -0.39 is 15.9 Å². The molecule has 5 heteroatoms. The van der Waals surface area contributed by atoms with Crippen LogP contribution >= 0.6 is 0 Å². The van der Waals surface area contributed by atoms with Crippen LogP contribution in [0.3, 0.4) is 0 Å². The number of aryl methyl sites for hydroxylation is 1. The zero-order chi connectivity index (χ0) is 14.4. The number of ether oxygens (including phenoxy) is 1. The van der Waals surface area contributed by atoms with Crippen LogP contribution in [0, 0.1) is 0 Å². The van der Waals surface area contributed by atoms with Gasteiger partial charge in [-0.25, -0.2) is 8.42 Å². The maximum Gasteiger partial charge on any atom is 0.120 e. The minimum atomic E-state index is -4.18. The van der Waals surface area contributed by atoms with E-state index in [1.54, 1.807) is 24.3 Å². The zero-order valence-electron chi connectivity index (χ0n) is 10.9. The number of hydrogen-bond acceptors (Lipinski definition) is 4. The van der Waals surface area contributed by atoms with Gasteiger partial charge in [-0.15, -0.1) is 0 Å². The van der Waals surface area contributed by atoms with Gasteiger partial charge in [-0.1, -0.05) is 42.5 Å². The topological polar surface area (TPSA) is 66.4 Å². The van der Waals surface area contributed by atoms with E-state index in [-0.39, 0.29) is 6.42 Å². The average molecular weight is 291 g/mol. The van der Waals surface area contributed by atoms with E-state index in [0.29, 0.717) is 12.4 Å². The van der Waals surface area contributed by atoms with Crippen molar-refractivity contribution >= 4 is 10.1 Å². The molecule has 2 aromatic carbocycles. The first kappa shape index (κ1) is 14.6. The van der Waals surface area contributed by atoms with Gasteiger partial charge in [0.2, 0.25) is 0 Å². The van der Waals surface area contributed by atoms with E-state index in [2.05, 4.69) is 0 Å². The summed E-state index contributed by atoms with van der Waals surface area (Å²) in [7, 11) is -4.18. The molecule has 0 atom stereocenters. The molecule has 20 heavy (non-hydrogen) atoms. The largest absolute Gasteiger partial charge is 0.748 e. The summed E-state index contributed by atoms with van der Waals surface area (Å²) >= 11 is 0. The second kappa shape index (κ2) is 6.54. The summed E-state index contributed by atoms with van der Waals surface area (Å²) in [6.45, 7) is 0.449. The van der Waals surface area contributed by atoms with Crippen LogP contribution in [-0.2, 0) is 23.1 Å². The van der Waals surface area contributed by atoms with Crippen molar-refractivity contribution in [1.82, 2.24) is 0 Å². The first-order valence-corrected chi connectivity index (χ1v) is 7.80. The fourth-order valence-corrected chi connectivity index (χ4v) is 2.26. The molecule has 0 aliphatic carbocycles. The zero-order valence-corrected chi connectivity index (χ0v) is 11.7. The highest BCUT2D eigenvalue weighted by Crippen LogP contribution is 2.16. The fraction of sp³-hybridized carbons (Fsp3) is 0.200. The molecular weight excluding hydrogens is 276 g/mol. The molecule has 0 aromatic heterocycles. The molecule has 106 valence electrons. The van der Waals surface area contributed by atoms with Crippen molar-refractivity contribution < 1.29 is 17.7 Å². The Labute approximate surface area is 118 Å². The SMILES string of the molecule is O=S(=O)([O-])CCc1cccc(OCc2ccccc2)c1. The predicted octanol–water partition coefficient (Wildman–Crippen LogP) is 2.35. The van der Waals surface area contributed by atoms with E-state index in [1.807, 2.05) is 30.3 Å². The van der Waals surface area contributed by atoms with Gasteiger partial charge >= 0.3 is 0 Å². The summed E-state index contributed by atoms with van der Waals surface area (Å²) in [6, 6.07) is 16.9. The fourth-order valence-electron chi connectivity index (χ4n) is 1.77. The van der Waals surface area contributed by atoms with Crippen LogP contribution in [-0.4, -0.2) is 18.7 Å². The third kappa shape index (κ3) is 5.03. The quantitative estimate of drug-likeness (QED) is 0.766. The molecule has 0 bridgehead atoms. The maximum atomic E-state index is 10.6. The van der Waals surface area contributed by atoms with E-state index in [4.69, 9.17) is 4.74 Å². The first-order chi connectivity index (χ1) is 9.53. The van der Waals surface area contributed by atoms with Crippen LogP contribution in [0.2, 0.25) is 0 Å². The lowest BCUT2D eigenvalue weighted by atomic mass is 10.1. The van der Waals surface area contributed by atoms with E-state index in [1.165, 1.54) is 0 Å². The smallest absolute Gasteiger partial charge is 0.120 e. The molecule has 0 saturated heterocycles. The molecule has 0 saturated carbocycles. The van der Waals surface area contributed by atoms with Crippen molar-refractivity contribution in [2.24, 2.45) is 0 Å². The van der Waals surface area contributed by atoms with Gasteiger partial charge in [-0.3, -0.25) is 0 Å². The molecule has 0 aliphatic heterocycles. The van der Waals surface area contributed by atoms with Crippen LogP contribution in [0.15, 0.2) is 54.6 Å². The lowest BCUT2D eigenvalue weighted by Gasteiger charge is -2.09. The molecule has 2 aromatic rings. The van der Waals surface area contributed by atoms with Gasteiger partial charge < -0.3 is 9.29 Å². The molecule has 0 aliphatic rings. The average Bonchev–Trinajstić information content (AvgIpc) is 2.44. The van der Waals surface area contributed by atoms with E-state index >= 15 is 0 Å². The molecular formula is C15H15O4S-. The Morgan fingerprint density at radius 1 is 0.950 bits per heavy atom. The Bertz CT molecular complexity index is 651. The monoisotopic (exact) mass is 291 g/mol. The second-order valence-corrected chi connectivity index (χ2v) is 5.96. The van der Waals surface area contributed by atoms with Crippen LogP contribution in [0.25, 0.3) is 0 Å². The van der Waals surface area contributed by atoms with Crippen LogP contribution in [0.1, 0.15) is 11.1 Å². The normalized spacial score (nSPS) is 11.2. The molecule has 0 N–H and O–H groups in total. The Morgan fingerprint density at radius 2 is 1.65 bits per heavy atom. The molecule has 4 nitrogen and oxygen atoms in total. The summed E-state index contributed by atoms with van der Waals surface area (Å²) in [5, 5.41) is 0. The highest BCUT2D eigenvalue weighted by Gasteiger charge is 2.01. The Kier molecular flexibility index (Phi) is 4.76. The Hall–Kier alpha value is -1.85. The maximum absolute atomic E-state index is 10.6. The van der Waals surface area contributed by atoms with Gasteiger partial charge in [0.25, 0.3) is 0 Å². The first-order valence-electron chi connectivity index (χ1n) is 6.22. The van der Waals surface area contributed by atoms with Gasteiger partial charge in [0.15, 0.2) is 0 Å². The number of hydrogen-bond donors (Lipinski definition) is 0. The Morgan fingerprint density at radius 3 is 2.35 bits per heavy atom. The molecule has 0 fully saturated rings. The van der Waals surface area contributed by atoms with Gasteiger partial charge in [-0.05, 0) is 29.7 Å². The standard InChI is InChI=1S/C15H16O4S/c16-20(17,18)10-9-13-7-4-8-15(11-13)19-12-14-5-2-1-3-6-14/h1-8,11H,9-10,12H2,(H,16,17,18)/p-1. The summed E-state index contributed by atoms with van der Waals surface area (Å²) < 4.78 is 37.5. The second-order valence-electron chi connectivity index (χ2n) is 4.43. The third-order valence-electron chi connectivity index (χ3n) is 2.79. The molecule has 2 rings (SSSR count). The van der Waals surface area contributed by atoms with Crippen LogP contribution in [0.4, 0.5) is 0 Å².